The van der Waals surface area contributed by atoms with Gasteiger partial charge in [0.05, 0.1) is 6.10 Å². The zero-order valence-electron chi connectivity index (χ0n) is 8.83. The molecule has 1 aromatic carbocycles. The molecule has 0 radical (unpaired) electrons. The number of benzene rings is 1. The van der Waals surface area contributed by atoms with Crippen molar-refractivity contribution >= 4 is 15.9 Å². The second-order valence-electron chi connectivity index (χ2n) is 4.06. The van der Waals surface area contributed by atoms with E-state index in [1.54, 1.807) is 6.07 Å². The Kier molecular flexibility index (Phi) is 3.95. The summed E-state index contributed by atoms with van der Waals surface area (Å²) in [4.78, 5) is 0. The molecule has 0 saturated carbocycles. The van der Waals surface area contributed by atoms with Gasteiger partial charge in [-0.05, 0) is 36.5 Å². The maximum Gasteiger partial charge on any atom is 0.124 e. The van der Waals surface area contributed by atoms with Gasteiger partial charge in [0.2, 0.25) is 0 Å². The molecule has 1 unspecified atom stereocenters. The van der Waals surface area contributed by atoms with E-state index in [0.717, 1.165) is 18.4 Å². The summed E-state index contributed by atoms with van der Waals surface area (Å²) in [5.41, 5.74) is 0.758. The molecule has 16 heavy (non-hydrogen) atoms. The van der Waals surface area contributed by atoms with E-state index < -0.39 is 6.10 Å². The minimum absolute atomic E-state index is 0.204. The summed E-state index contributed by atoms with van der Waals surface area (Å²) < 4.78 is 18.8. The lowest BCUT2D eigenvalue weighted by Crippen LogP contribution is -2.22. The zero-order chi connectivity index (χ0) is 11.5. The number of aliphatic hydroxyl groups is 1. The third-order valence-electron chi connectivity index (χ3n) is 2.99. The Bertz CT molecular complexity index is 364. The first-order chi connectivity index (χ1) is 7.68. The molecule has 2 rings (SSSR count). The summed E-state index contributed by atoms with van der Waals surface area (Å²) in [7, 11) is 0. The predicted molar refractivity (Wildman–Crippen MR) is 62.6 cm³/mol. The Hall–Kier alpha value is -0.450. The van der Waals surface area contributed by atoms with Crippen molar-refractivity contribution < 1.29 is 14.2 Å². The molecule has 1 aromatic rings. The van der Waals surface area contributed by atoms with Gasteiger partial charge in [0.25, 0.3) is 0 Å². The number of ether oxygens (including phenoxy) is 1. The van der Waals surface area contributed by atoms with E-state index in [-0.39, 0.29) is 11.7 Å². The lowest BCUT2D eigenvalue weighted by Gasteiger charge is -2.27. The normalized spacial score (nSPS) is 19.7. The highest BCUT2D eigenvalue weighted by Crippen LogP contribution is 2.33. The molecule has 88 valence electrons. The van der Waals surface area contributed by atoms with Gasteiger partial charge in [0.15, 0.2) is 0 Å². The maximum absolute atomic E-state index is 12.9. The van der Waals surface area contributed by atoms with Crippen LogP contribution < -0.4 is 0 Å². The van der Waals surface area contributed by atoms with E-state index in [0.29, 0.717) is 17.7 Å². The summed E-state index contributed by atoms with van der Waals surface area (Å²) in [5, 5.41) is 10.2. The van der Waals surface area contributed by atoms with Gasteiger partial charge in [-0.15, -0.1) is 0 Å². The van der Waals surface area contributed by atoms with Crippen LogP contribution in [0.25, 0.3) is 0 Å². The minimum Gasteiger partial charge on any atom is -0.388 e. The van der Waals surface area contributed by atoms with Crippen molar-refractivity contribution in [2.75, 3.05) is 13.2 Å². The van der Waals surface area contributed by atoms with Crippen LogP contribution in [0, 0.1) is 11.7 Å². The fourth-order valence-corrected chi connectivity index (χ4v) is 2.61. The van der Waals surface area contributed by atoms with E-state index in [1.165, 1.54) is 12.1 Å². The van der Waals surface area contributed by atoms with Crippen LogP contribution in [-0.2, 0) is 4.74 Å². The molecule has 1 N–H and O–H groups in total. The highest BCUT2D eigenvalue weighted by Gasteiger charge is 2.24. The Morgan fingerprint density at radius 3 is 2.69 bits per heavy atom. The molecule has 1 heterocycles. The Labute approximate surface area is 103 Å². The van der Waals surface area contributed by atoms with Crippen molar-refractivity contribution in [2.45, 2.75) is 18.9 Å². The minimum atomic E-state index is -0.543. The molecule has 0 spiro atoms. The third-order valence-corrected chi connectivity index (χ3v) is 3.68. The van der Waals surface area contributed by atoms with Crippen LogP contribution in [0.4, 0.5) is 4.39 Å². The van der Waals surface area contributed by atoms with Crippen molar-refractivity contribution in [1.82, 2.24) is 0 Å². The maximum atomic E-state index is 12.9. The zero-order valence-corrected chi connectivity index (χ0v) is 10.4. The standard InChI is InChI=1S/C12H14BrFO2/c13-11-7-9(14)1-2-10(11)12(15)8-3-5-16-6-4-8/h1-2,7-8,12,15H,3-6H2. The van der Waals surface area contributed by atoms with Crippen molar-refractivity contribution in [3.05, 3.63) is 34.1 Å². The van der Waals surface area contributed by atoms with Gasteiger partial charge in [0, 0.05) is 17.7 Å². The van der Waals surface area contributed by atoms with Crippen LogP contribution in [0.15, 0.2) is 22.7 Å². The summed E-state index contributed by atoms with van der Waals surface area (Å²) in [6.45, 7) is 1.39. The van der Waals surface area contributed by atoms with Crippen molar-refractivity contribution in [3.8, 4) is 0 Å². The second kappa shape index (κ2) is 5.25. The third kappa shape index (κ3) is 2.62. The van der Waals surface area contributed by atoms with E-state index >= 15 is 0 Å². The molecule has 4 heteroatoms. The van der Waals surface area contributed by atoms with Gasteiger partial charge in [-0.3, -0.25) is 0 Å². The molecule has 1 aliphatic rings. The fraction of sp³-hybridized carbons (Fsp3) is 0.500. The number of halogens is 2. The van der Waals surface area contributed by atoms with Gasteiger partial charge in [-0.2, -0.15) is 0 Å². The van der Waals surface area contributed by atoms with Gasteiger partial charge < -0.3 is 9.84 Å². The first kappa shape index (κ1) is 12.0. The average molecular weight is 289 g/mol. The topological polar surface area (TPSA) is 29.5 Å². The van der Waals surface area contributed by atoms with E-state index in [1.807, 2.05) is 0 Å². The lowest BCUT2D eigenvalue weighted by molar-refractivity contribution is 0.00690. The SMILES string of the molecule is OC(c1ccc(F)cc1Br)C1CCOCC1. The van der Waals surface area contributed by atoms with Crippen LogP contribution in [0.5, 0.6) is 0 Å². The van der Waals surface area contributed by atoms with Gasteiger partial charge >= 0.3 is 0 Å². The highest BCUT2D eigenvalue weighted by atomic mass is 79.9. The molecule has 2 nitrogen and oxygen atoms in total. The Morgan fingerprint density at radius 1 is 1.38 bits per heavy atom. The first-order valence-corrected chi connectivity index (χ1v) is 6.18. The molecule has 1 saturated heterocycles. The smallest absolute Gasteiger partial charge is 0.124 e. The van der Waals surface area contributed by atoms with Crippen LogP contribution in [0.2, 0.25) is 0 Å². The lowest BCUT2D eigenvalue weighted by atomic mass is 9.89. The molecular weight excluding hydrogens is 275 g/mol. The Balaban J connectivity index is 2.15. The van der Waals surface area contributed by atoms with Crippen LogP contribution in [0.3, 0.4) is 0 Å². The largest absolute Gasteiger partial charge is 0.388 e. The molecule has 0 bridgehead atoms. The second-order valence-corrected chi connectivity index (χ2v) is 4.91. The van der Waals surface area contributed by atoms with Crippen LogP contribution in [0.1, 0.15) is 24.5 Å². The molecule has 0 aliphatic carbocycles. The molecule has 0 aromatic heterocycles. The average Bonchev–Trinajstić information content (AvgIpc) is 2.29. The van der Waals surface area contributed by atoms with E-state index in [9.17, 15) is 9.50 Å². The first-order valence-electron chi connectivity index (χ1n) is 5.39. The fourth-order valence-electron chi connectivity index (χ4n) is 2.03. The summed E-state index contributed by atoms with van der Waals surface area (Å²) >= 11 is 3.28. The molecule has 1 fully saturated rings. The van der Waals surface area contributed by atoms with Crippen LogP contribution >= 0.6 is 15.9 Å². The molecule has 0 amide bonds. The van der Waals surface area contributed by atoms with Gasteiger partial charge in [-0.1, -0.05) is 22.0 Å². The van der Waals surface area contributed by atoms with Crippen molar-refractivity contribution in [2.24, 2.45) is 5.92 Å². The molecule has 1 aliphatic heterocycles. The number of aliphatic hydroxyl groups excluding tert-OH is 1. The predicted octanol–water partition coefficient (Wildman–Crippen LogP) is 3.05. The Morgan fingerprint density at radius 2 is 2.06 bits per heavy atom. The molecule has 1 atom stereocenters. The molecular formula is C12H14BrFO2. The summed E-state index contributed by atoms with van der Waals surface area (Å²) in [6.07, 6.45) is 1.16. The monoisotopic (exact) mass is 288 g/mol. The van der Waals surface area contributed by atoms with E-state index in [2.05, 4.69) is 15.9 Å². The van der Waals surface area contributed by atoms with Crippen molar-refractivity contribution in [3.63, 3.8) is 0 Å². The number of hydrogen-bond acceptors (Lipinski definition) is 2. The summed E-state index contributed by atoms with van der Waals surface area (Å²) in [6, 6.07) is 4.40. The van der Waals surface area contributed by atoms with Gasteiger partial charge in [-0.25, -0.2) is 4.39 Å². The highest BCUT2D eigenvalue weighted by molar-refractivity contribution is 9.10. The summed E-state index contributed by atoms with van der Waals surface area (Å²) in [5.74, 6) is -0.0923. The number of hydrogen-bond donors (Lipinski definition) is 1. The number of rotatable bonds is 2. The van der Waals surface area contributed by atoms with Crippen molar-refractivity contribution in [1.29, 1.82) is 0 Å². The van der Waals surface area contributed by atoms with Gasteiger partial charge in [0.1, 0.15) is 5.82 Å². The van der Waals surface area contributed by atoms with Crippen LogP contribution in [-0.4, -0.2) is 18.3 Å². The quantitative estimate of drug-likeness (QED) is 0.906. The van der Waals surface area contributed by atoms with E-state index in [4.69, 9.17) is 4.74 Å².